The second-order valence-electron chi connectivity index (χ2n) is 5.32. The van der Waals surface area contributed by atoms with Crippen LogP contribution < -0.4 is 4.74 Å². The van der Waals surface area contributed by atoms with Gasteiger partial charge in [-0.3, -0.25) is 4.79 Å². The summed E-state index contributed by atoms with van der Waals surface area (Å²) >= 11 is 0. The van der Waals surface area contributed by atoms with Crippen molar-refractivity contribution in [2.24, 2.45) is 5.92 Å². The standard InChI is InChI=1S/C18H20O3/c1-14(2)11-18(19)20-13-15-7-6-10-17(12-15)21-16-8-4-3-5-9-16/h3-10,12,14H,11,13H2,1-2H3. The highest BCUT2D eigenvalue weighted by Crippen LogP contribution is 2.22. The summed E-state index contributed by atoms with van der Waals surface area (Å²) in [6.45, 7) is 4.27. The Morgan fingerprint density at radius 3 is 2.43 bits per heavy atom. The van der Waals surface area contributed by atoms with Crippen LogP contribution in [0.15, 0.2) is 54.6 Å². The van der Waals surface area contributed by atoms with E-state index in [0.29, 0.717) is 12.3 Å². The Balaban J connectivity index is 1.93. The van der Waals surface area contributed by atoms with Crippen LogP contribution in [0.5, 0.6) is 11.5 Å². The zero-order valence-electron chi connectivity index (χ0n) is 12.4. The van der Waals surface area contributed by atoms with Crippen LogP contribution in [0, 0.1) is 5.92 Å². The van der Waals surface area contributed by atoms with Crippen LogP contribution in [-0.4, -0.2) is 5.97 Å². The van der Waals surface area contributed by atoms with Gasteiger partial charge < -0.3 is 9.47 Å². The molecule has 2 rings (SSSR count). The Labute approximate surface area is 125 Å². The Hall–Kier alpha value is -2.29. The first-order valence-corrected chi connectivity index (χ1v) is 7.11. The number of esters is 1. The molecule has 0 saturated carbocycles. The molecular formula is C18H20O3. The number of carbonyl (C=O) groups excluding carboxylic acids is 1. The molecule has 3 nitrogen and oxygen atoms in total. The topological polar surface area (TPSA) is 35.5 Å². The molecule has 0 saturated heterocycles. The van der Waals surface area contributed by atoms with Gasteiger partial charge in [0.1, 0.15) is 18.1 Å². The molecule has 0 aliphatic carbocycles. The average Bonchev–Trinajstić information content (AvgIpc) is 2.46. The molecular weight excluding hydrogens is 264 g/mol. The maximum atomic E-state index is 11.5. The van der Waals surface area contributed by atoms with Crippen molar-refractivity contribution in [3.8, 4) is 11.5 Å². The van der Waals surface area contributed by atoms with Crippen molar-refractivity contribution in [3.05, 3.63) is 60.2 Å². The van der Waals surface area contributed by atoms with Gasteiger partial charge in [0.05, 0.1) is 0 Å². The fourth-order valence-corrected chi connectivity index (χ4v) is 1.88. The van der Waals surface area contributed by atoms with Gasteiger partial charge in [0, 0.05) is 6.42 Å². The molecule has 0 N–H and O–H groups in total. The summed E-state index contributed by atoms with van der Waals surface area (Å²) in [7, 11) is 0. The molecule has 0 fully saturated rings. The molecule has 0 unspecified atom stereocenters. The van der Waals surface area contributed by atoms with Crippen molar-refractivity contribution in [2.45, 2.75) is 26.9 Å². The highest BCUT2D eigenvalue weighted by Gasteiger charge is 2.07. The molecule has 0 aliphatic rings. The van der Waals surface area contributed by atoms with Crippen molar-refractivity contribution < 1.29 is 14.3 Å². The van der Waals surface area contributed by atoms with Crippen molar-refractivity contribution in [1.82, 2.24) is 0 Å². The lowest BCUT2D eigenvalue weighted by molar-refractivity contribution is -0.145. The highest BCUT2D eigenvalue weighted by atomic mass is 16.5. The largest absolute Gasteiger partial charge is 0.461 e. The van der Waals surface area contributed by atoms with Crippen LogP contribution in [0.3, 0.4) is 0 Å². The molecule has 0 atom stereocenters. The molecule has 110 valence electrons. The molecule has 0 bridgehead atoms. The predicted molar refractivity (Wildman–Crippen MR) is 82.2 cm³/mol. The fourth-order valence-electron chi connectivity index (χ4n) is 1.88. The third-order valence-corrected chi connectivity index (χ3v) is 2.85. The molecule has 0 radical (unpaired) electrons. The Morgan fingerprint density at radius 1 is 1.00 bits per heavy atom. The first-order valence-electron chi connectivity index (χ1n) is 7.11. The lowest BCUT2D eigenvalue weighted by Gasteiger charge is -2.09. The zero-order valence-corrected chi connectivity index (χ0v) is 12.4. The van der Waals surface area contributed by atoms with E-state index in [0.717, 1.165) is 17.1 Å². The van der Waals surface area contributed by atoms with Crippen molar-refractivity contribution in [2.75, 3.05) is 0 Å². The Bertz CT molecular complexity index is 576. The number of benzene rings is 2. The molecule has 0 amide bonds. The predicted octanol–water partition coefficient (Wildman–Crippen LogP) is 4.57. The molecule has 2 aromatic rings. The summed E-state index contributed by atoms with van der Waals surface area (Å²) in [4.78, 5) is 11.5. The lowest BCUT2D eigenvalue weighted by atomic mass is 10.1. The number of ether oxygens (including phenoxy) is 2. The van der Waals surface area contributed by atoms with Crippen LogP contribution in [-0.2, 0) is 16.1 Å². The van der Waals surface area contributed by atoms with Gasteiger partial charge in [0.2, 0.25) is 0 Å². The summed E-state index contributed by atoms with van der Waals surface area (Å²) in [6.07, 6.45) is 0.445. The fraction of sp³-hybridized carbons (Fsp3) is 0.278. The Kier molecular flexibility index (Phi) is 5.38. The first kappa shape index (κ1) is 15.1. The van der Waals surface area contributed by atoms with E-state index in [1.54, 1.807) is 0 Å². The van der Waals surface area contributed by atoms with E-state index >= 15 is 0 Å². The number of hydrogen-bond acceptors (Lipinski definition) is 3. The molecule has 2 aromatic carbocycles. The molecule has 3 heteroatoms. The first-order chi connectivity index (χ1) is 10.1. The molecule has 0 heterocycles. The van der Waals surface area contributed by atoms with Gasteiger partial charge >= 0.3 is 5.97 Å². The van der Waals surface area contributed by atoms with Crippen LogP contribution in [0.4, 0.5) is 0 Å². The minimum atomic E-state index is -0.167. The summed E-state index contributed by atoms with van der Waals surface area (Å²) in [5.41, 5.74) is 0.917. The van der Waals surface area contributed by atoms with Crippen LogP contribution in [0.1, 0.15) is 25.8 Å². The second kappa shape index (κ2) is 7.48. The number of hydrogen-bond donors (Lipinski definition) is 0. The minimum absolute atomic E-state index is 0.167. The third kappa shape index (κ3) is 5.30. The van der Waals surface area contributed by atoms with Crippen molar-refractivity contribution in [1.29, 1.82) is 0 Å². The van der Waals surface area contributed by atoms with Crippen LogP contribution >= 0.6 is 0 Å². The number of para-hydroxylation sites is 1. The van der Waals surface area contributed by atoms with E-state index in [1.807, 2.05) is 68.4 Å². The summed E-state index contributed by atoms with van der Waals surface area (Å²) in [5.74, 6) is 1.66. The van der Waals surface area contributed by atoms with Gasteiger partial charge in [0.15, 0.2) is 0 Å². The van der Waals surface area contributed by atoms with Crippen molar-refractivity contribution in [3.63, 3.8) is 0 Å². The van der Waals surface area contributed by atoms with Crippen LogP contribution in [0.25, 0.3) is 0 Å². The normalized spacial score (nSPS) is 10.4. The molecule has 0 aliphatic heterocycles. The SMILES string of the molecule is CC(C)CC(=O)OCc1cccc(Oc2ccccc2)c1. The molecule has 21 heavy (non-hydrogen) atoms. The summed E-state index contributed by atoms with van der Waals surface area (Å²) in [6, 6.07) is 17.2. The minimum Gasteiger partial charge on any atom is -0.461 e. The second-order valence-corrected chi connectivity index (χ2v) is 5.32. The van der Waals surface area contributed by atoms with Crippen LogP contribution in [0.2, 0.25) is 0 Å². The van der Waals surface area contributed by atoms with E-state index in [9.17, 15) is 4.79 Å². The van der Waals surface area contributed by atoms with Crippen molar-refractivity contribution >= 4 is 5.97 Å². The van der Waals surface area contributed by atoms with E-state index in [-0.39, 0.29) is 12.6 Å². The van der Waals surface area contributed by atoms with Gasteiger partial charge in [0.25, 0.3) is 0 Å². The van der Waals surface area contributed by atoms with E-state index in [2.05, 4.69) is 0 Å². The monoisotopic (exact) mass is 284 g/mol. The summed E-state index contributed by atoms with van der Waals surface area (Å²) < 4.78 is 11.0. The number of carbonyl (C=O) groups is 1. The smallest absolute Gasteiger partial charge is 0.306 e. The quantitative estimate of drug-likeness (QED) is 0.729. The third-order valence-electron chi connectivity index (χ3n) is 2.85. The summed E-state index contributed by atoms with van der Waals surface area (Å²) in [5, 5.41) is 0. The molecule has 0 spiro atoms. The van der Waals surface area contributed by atoms with Gasteiger partial charge in [-0.2, -0.15) is 0 Å². The van der Waals surface area contributed by atoms with Gasteiger partial charge in [-0.05, 0) is 35.7 Å². The maximum absolute atomic E-state index is 11.5. The average molecular weight is 284 g/mol. The number of rotatable bonds is 6. The van der Waals surface area contributed by atoms with E-state index < -0.39 is 0 Å². The van der Waals surface area contributed by atoms with E-state index in [1.165, 1.54) is 0 Å². The van der Waals surface area contributed by atoms with Gasteiger partial charge in [-0.1, -0.05) is 44.2 Å². The van der Waals surface area contributed by atoms with Gasteiger partial charge in [-0.25, -0.2) is 0 Å². The zero-order chi connectivity index (χ0) is 15.1. The molecule has 0 aromatic heterocycles. The maximum Gasteiger partial charge on any atom is 0.306 e. The lowest BCUT2D eigenvalue weighted by Crippen LogP contribution is -2.07. The highest BCUT2D eigenvalue weighted by molar-refractivity contribution is 5.69. The Morgan fingerprint density at radius 2 is 1.71 bits per heavy atom. The van der Waals surface area contributed by atoms with E-state index in [4.69, 9.17) is 9.47 Å². The van der Waals surface area contributed by atoms with Gasteiger partial charge in [-0.15, -0.1) is 0 Å².